The van der Waals surface area contributed by atoms with Crippen molar-refractivity contribution in [3.8, 4) is 0 Å². The molecule has 9 heteroatoms. The van der Waals surface area contributed by atoms with Gasteiger partial charge in [0.15, 0.2) is 5.82 Å². The molecule has 1 heterocycles. The van der Waals surface area contributed by atoms with E-state index >= 15 is 0 Å². The molecule has 200 valence electrons. The molecular weight excluding hydrogens is 491 g/mol. The molecule has 36 heavy (non-hydrogen) atoms. The number of hydrogen-bond donors (Lipinski definition) is 0. The molecule has 0 unspecified atom stereocenters. The molecule has 2 saturated carbocycles. The highest BCUT2D eigenvalue weighted by Crippen LogP contribution is 2.48. The van der Waals surface area contributed by atoms with Crippen LogP contribution < -0.4 is 0 Å². The van der Waals surface area contributed by atoms with E-state index in [1.54, 1.807) is 0 Å². The quantitative estimate of drug-likeness (QED) is 0.315. The Labute approximate surface area is 217 Å². The summed E-state index contributed by atoms with van der Waals surface area (Å²) in [5, 5.41) is 8.76. The van der Waals surface area contributed by atoms with Crippen molar-refractivity contribution in [2.75, 3.05) is 6.61 Å². The molecule has 4 rings (SSSR count). The van der Waals surface area contributed by atoms with Crippen LogP contribution in [-0.4, -0.2) is 33.3 Å². The second-order valence-electron chi connectivity index (χ2n) is 10.9. The Bertz CT molecular complexity index is 1040. The van der Waals surface area contributed by atoms with Gasteiger partial charge < -0.3 is 9.30 Å². The summed E-state index contributed by atoms with van der Waals surface area (Å²) in [4.78, 5) is 13.0. The fourth-order valence-corrected chi connectivity index (χ4v) is 5.28. The zero-order valence-electron chi connectivity index (χ0n) is 21.5. The summed E-state index contributed by atoms with van der Waals surface area (Å²) in [6, 6.07) is 6.03. The average Bonchev–Trinajstić information content (AvgIpc) is 3.48. The summed E-state index contributed by atoms with van der Waals surface area (Å²) in [6.45, 7) is 6.94. The second kappa shape index (κ2) is 11.6. The number of rotatable bonds is 11. The van der Waals surface area contributed by atoms with E-state index in [2.05, 4.69) is 24.0 Å². The van der Waals surface area contributed by atoms with E-state index in [4.69, 9.17) is 4.74 Å². The van der Waals surface area contributed by atoms with Crippen LogP contribution in [0.15, 0.2) is 18.2 Å². The normalized spacial score (nSPS) is 20.7. The van der Waals surface area contributed by atoms with Gasteiger partial charge in [0, 0.05) is 24.8 Å². The first-order valence-electron chi connectivity index (χ1n) is 12.7. The van der Waals surface area contributed by atoms with Gasteiger partial charge in [0.25, 0.3) is 0 Å². The standard InChI is InChI=1S/C27H36F3N3O2.ClH/c1-16(2)9-19-11-21(12-19)25-31-32-26(33(25)22-7-8-22)24(35-15-27(28,29)30)14-23(34)13-20-6-5-17(3)10-18(20)4;/h5-6,10,16,19,21-22,24H,7-9,11-15H2,1-4H3;1H/t19?,21?,24-;/m0./s1. The lowest BCUT2D eigenvalue weighted by atomic mass is 9.71. The zero-order valence-corrected chi connectivity index (χ0v) is 22.3. The minimum atomic E-state index is -4.49. The molecule has 5 nitrogen and oxygen atoms in total. The average molecular weight is 528 g/mol. The zero-order chi connectivity index (χ0) is 25.3. The van der Waals surface area contributed by atoms with E-state index in [1.165, 1.54) is 6.42 Å². The first kappa shape index (κ1) is 28.6. The van der Waals surface area contributed by atoms with E-state index in [9.17, 15) is 18.0 Å². The van der Waals surface area contributed by atoms with Crippen LogP contribution in [0.3, 0.4) is 0 Å². The van der Waals surface area contributed by atoms with Crippen LogP contribution in [0.4, 0.5) is 13.2 Å². The molecular formula is C27H37ClF3N3O2. The van der Waals surface area contributed by atoms with Crippen molar-refractivity contribution in [2.45, 2.75) is 96.9 Å². The van der Waals surface area contributed by atoms with Crippen LogP contribution >= 0.6 is 12.4 Å². The van der Waals surface area contributed by atoms with Crippen LogP contribution in [0.1, 0.15) is 98.8 Å². The molecule has 0 saturated heterocycles. The second-order valence-corrected chi connectivity index (χ2v) is 10.9. The maximum atomic E-state index is 13.1. The predicted molar refractivity (Wildman–Crippen MR) is 134 cm³/mol. The van der Waals surface area contributed by atoms with Crippen molar-refractivity contribution in [3.05, 3.63) is 46.5 Å². The van der Waals surface area contributed by atoms with Gasteiger partial charge in [-0.25, -0.2) is 0 Å². The lowest BCUT2D eigenvalue weighted by Gasteiger charge is -2.36. The van der Waals surface area contributed by atoms with Gasteiger partial charge in [0.2, 0.25) is 0 Å². The number of aryl methyl sites for hydroxylation is 2. The van der Waals surface area contributed by atoms with Gasteiger partial charge in [-0.2, -0.15) is 13.2 Å². The molecule has 2 aliphatic rings. The van der Waals surface area contributed by atoms with Crippen LogP contribution in [0.5, 0.6) is 0 Å². The van der Waals surface area contributed by atoms with Gasteiger partial charge in [-0.15, -0.1) is 22.6 Å². The number of hydrogen-bond acceptors (Lipinski definition) is 4. The molecule has 0 amide bonds. The monoisotopic (exact) mass is 527 g/mol. The molecule has 1 aromatic heterocycles. The molecule has 0 N–H and O–H groups in total. The van der Waals surface area contributed by atoms with E-state index in [0.717, 1.165) is 48.2 Å². The van der Waals surface area contributed by atoms with Gasteiger partial charge >= 0.3 is 6.18 Å². The molecule has 1 atom stereocenters. The lowest BCUT2D eigenvalue weighted by Crippen LogP contribution is -2.27. The topological polar surface area (TPSA) is 57.0 Å². The van der Waals surface area contributed by atoms with Crippen molar-refractivity contribution < 1.29 is 22.7 Å². The number of Topliss-reactive ketones (excluding diaryl/α,β-unsaturated/α-hetero) is 1. The third-order valence-electron chi connectivity index (χ3n) is 7.10. The SMILES string of the molecule is Cc1ccc(CC(=O)C[C@H](OCC(F)(F)F)c2nnc(C3CC(CC(C)C)C3)n2C2CC2)c(C)c1.Cl. The Hall–Kier alpha value is -1.93. The number of nitrogens with zero attached hydrogens (tertiary/aromatic N) is 3. The third-order valence-corrected chi connectivity index (χ3v) is 7.10. The Kier molecular flexibility index (Phi) is 9.25. The fraction of sp³-hybridized carbons (Fsp3) is 0.667. The van der Waals surface area contributed by atoms with Crippen molar-refractivity contribution in [1.29, 1.82) is 0 Å². The number of benzene rings is 1. The fourth-order valence-electron chi connectivity index (χ4n) is 5.28. The van der Waals surface area contributed by atoms with Crippen LogP contribution in [0.25, 0.3) is 0 Å². The smallest absolute Gasteiger partial charge is 0.360 e. The number of alkyl halides is 3. The van der Waals surface area contributed by atoms with Gasteiger partial charge in [-0.05, 0) is 68.9 Å². The van der Waals surface area contributed by atoms with Crippen molar-refractivity contribution >= 4 is 18.2 Å². The Morgan fingerprint density at radius 2 is 1.86 bits per heavy atom. The number of ketones is 1. The van der Waals surface area contributed by atoms with Crippen LogP contribution in [0, 0.1) is 25.7 Å². The van der Waals surface area contributed by atoms with Gasteiger partial charge in [0.05, 0.1) is 0 Å². The van der Waals surface area contributed by atoms with E-state index in [-0.39, 0.29) is 43.0 Å². The molecule has 0 aliphatic heterocycles. The number of ether oxygens (including phenoxy) is 1. The predicted octanol–water partition coefficient (Wildman–Crippen LogP) is 7.01. The van der Waals surface area contributed by atoms with Gasteiger partial charge in [-0.1, -0.05) is 37.6 Å². The Morgan fingerprint density at radius 3 is 2.44 bits per heavy atom. The van der Waals surface area contributed by atoms with Crippen molar-refractivity contribution in [1.82, 2.24) is 14.8 Å². The van der Waals surface area contributed by atoms with E-state index < -0.39 is 18.9 Å². The summed E-state index contributed by atoms with van der Waals surface area (Å²) in [6.07, 6.45) is -0.429. The van der Waals surface area contributed by atoms with E-state index in [1.807, 2.05) is 36.6 Å². The third kappa shape index (κ3) is 7.31. The maximum Gasteiger partial charge on any atom is 0.411 e. The van der Waals surface area contributed by atoms with E-state index in [0.29, 0.717) is 17.7 Å². The molecule has 2 fully saturated rings. The summed E-state index contributed by atoms with van der Waals surface area (Å²) < 4.78 is 46.5. The Balaban J connectivity index is 0.00000361. The lowest BCUT2D eigenvalue weighted by molar-refractivity contribution is -0.188. The molecule has 2 aliphatic carbocycles. The highest BCUT2D eigenvalue weighted by molar-refractivity contribution is 5.85. The molecule has 0 radical (unpaired) electrons. The number of carbonyl (C=O) groups is 1. The molecule has 0 spiro atoms. The van der Waals surface area contributed by atoms with Crippen molar-refractivity contribution in [2.24, 2.45) is 11.8 Å². The minimum absolute atomic E-state index is 0. The molecule has 0 bridgehead atoms. The Morgan fingerprint density at radius 1 is 1.17 bits per heavy atom. The van der Waals surface area contributed by atoms with Crippen LogP contribution in [0.2, 0.25) is 0 Å². The van der Waals surface area contributed by atoms with Gasteiger partial charge in [-0.3, -0.25) is 4.79 Å². The van der Waals surface area contributed by atoms with Crippen molar-refractivity contribution in [3.63, 3.8) is 0 Å². The highest BCUT2D eigenvalue weighted by Gasteiger charge is 2.40. The first-order chi connectivity index (χ1) is 16.5. The summed E-state index contributed by atoms with van der Waals surface area (Å²) in [5.41, 5.74) is 2.97. The van der Waals surface area contributed by atoms with Gasteiger partial charge in [0.1, 0.15) is 24.3 Å². The molecule has 2 aromatic rings. The molecule has 1 aromatic carbocycles. The maximum absolute atomic E-state index is 13.1. The number of aromatic nitrogens is 3. The minimum Gasteiger partial charge on any atom is -0.360 e. The summed E-state index contributed by atoms with van der Waals surface area (Å²) in [5.74, 6) is 2.62. The first-order valence-corrected chi connectivity index (χ1v) is 12.7. The summed E-state index contributed by atoms with van der Waals surface area (Å²) in [7, 11) is 0. The number of carbonyl (C=O) groups excluding carboxylic acids is 1. The highest BCUT2D eigenvalue weighted by atomic mass is 35.5. The van der Waals surface area contributed by atoms with Crippen LogP contribution in [-0.2, 0) is 16.0 Å². The summed E-state index contributed by atoms with van der Waals surface area (Å²) >= 11 is 0. The number of halogens is 4. The largest absolute Gasteiger partial charge is 0.411 e.